The number of nitrogen functional groups attached to an aromatic ring is 1. The lowest BCUT2D eigenvalue weighted by Gasteiger charge is -2.34. The Morgan fingerprint density at radius 3 is 2.50 bits per heavy atom. The maximum Gasteiger partial charge on any atom is 0.242 e. The molecule has 1 aliphatic rings. The largest absolute Gasteiger partial charge is 0.396 e. The smallest absolute Gasteiger partial charge is 0.242 e. The molecule has 112 valence electrons. The highest BCUT2D eigenvalue weighted by molar-refractivity contribution is 7.89. The van der Waals surface area contributed by atoms with Gasteiger partial charge in [-0.1, -0.05) is 30.9 Å². The van der Waals surface area contributed by atoms with Gasteiger partial charge in [0.05, 0.1) is 10.7 Å². The maximum atomic E-state index is 13.3. The third-order valence-corrected chi connectivity index (χ3v) is 5.78. The van der Waals surface area contributed by atoms with Crippen molar-refractivity contribution in [1.82, 2.24) is 4.72 Å². The van der Waals surface area contributed by atoms with E-state index in [1.165, 1.54) is 0 Å². The zero-order valence-electron chi connectivity index (χ0n) is 11.2. The first-order valence-corrected chi connectivity index (χ1v) is 8.38. The van der Waals surface area contributed by atoms with Gasteiger partial charge in [0, 0.05) is 5.54 Å². The molecule has 0 aromatic heterocycles. The lowest BCUT2D eigenvalue weighted by molar-refractivity contribution is 0.294. The van der Waals surface area contributed by atoms with E-state index in [0.29, 0.717) is 0 Å². The molecule has 1 aromatic carbocycles. The maximum absolute atomic E-state index is 13.3. The van der Waals surface area contributed by atoms with Crippen molar-refractivity contribution in [3.63, 3.8) is 0 Å². The zero-order valence-corrected chi connectivity index (χ0v) is 12.8. The summed E-state index contributed by atoms with van der Waals surface area (Å²) < 4.78 is 40.8. The lowest BCUT2D eigenvalue weighted by atomic mass is 9.84. The summed E-state index contributed by atoms with van der Waals surface area (Å²) in [5.41, 5.74) is 4.71. The van der Waals surface area contributed by atoms with Crippen LogP contribution in [0.25, 0.3) is 0 Å². The summed E-state index contributed by atoms with van der Waals surface area (Å²) in [5.74, 6) is -0.724. The van der Waals surface area contributed by atoms with Crippen LogP contribution in [0.5, 0.6) is 0 Å². The SMILES string of the molecule is CC1(NS(=O)(=O)c2cc(N)c(F)cc2Cl)CCCCC1. The van der Waals surface area contributed by atoms with Crippen LogP contribution in [-0.4, -0.2) is 14.0 Å². The van der Waals surface area contributed by atoms with Crippen molar-refractivity contribution in [2.75, 3.05) is 5.73 Å². The first-order chi connectivity index (χ1) is 9.23. The second kappa shape index (κ2) is 5.50. The van der Waals surface area contributed by atoms with E-state index in [9.17, 15) is 12.8 Å². The highest BCUT2D eigenvalue weighted by Gasteiger charge is 2.33. The van der Waals surface area contributed by atoms with Crippen LogP contribution in [-0.2, 0) is 10.0 Å². The van der Waals surface area contributed by atoms with Gasteiger partial charge in [0.15, 0.2) is 0 Å². The van der Waals surface area contributed by atoms with Gasteiger partial charge in [-0.05, 0) is 31.9 Å². The van der Waals surface area contributed by atoms with Crippen molar-refractivity contribution in [3.8, 4) is 0 Å². The standard InChI is InChI=1S/C13H18ClFN2O2S/c1-13(5-3-2-4-6-13)17-20(18,19)12-8-11(16)10(15)7-9(12)14/h7-8,17H,2-6,16H2,1H3. The third-order valence-electron chi connectivity index (χ3n) is 3.68. The predicted molar refractivity (Wildman–Crippen MR) is 77.6 cm³/mol. The van der Waals surface area contributed by atoms with Gasteiger partial charge in [-0.3, -0.25) is 0 Å². The molecule has 0 saturated heterocycles. The molecule has 1 fully saturated rings. The van der Waals surface area contributed by atoms with Crippen molar-refractivity contribution in [1.29, 1.82) is 0 Å². The number of rotatable bonds is 3. The van der Waals surface area contributed by atoms with E-state index in [1.807, 2.05) is 6.92 Å². The van der Waals surface area contributed by atoms with Crippen molar-refractivity contribution in [2.24, 2.45) is 0 Å². The molecule has 4 nitrogen and oxygen atoms in total. The minimum absolute atomic E-state index is 0.163. The highest BCUT2D eigenvalue weighted by Crippen LogP contribution is 2.32. The Kier molecular flexibility index (Phi) is 4.27. The fourth-order valence-corrected chi connectivity index (χ4v) is 4.58. The Morgan fingerprint density at radius 2 is 1.90 bits per heavy atom. The number of anilines is 1. The van der Waals surface area contributed by atoms with Crippen LogP contribution in [0.2, 0.25) is 5.02 Å². The average molecular weight is 321 g/mol. The summed E-state index contributed by atoms with van der Waals surface area (Å²) in [6, 6.07) is 1.99. The number of hydrogen-bond acceptors (Lipinski definition) is 3. The fraction of sp³-hybridized carbons (Fsp3) is 0.538. The van der Waals surface area contributed by atoms with Crippen LogP contribution < -0.4 is 10.5 Å². The molecule has 0 unspecified atom stereocenters. The van der Waals surface area contributed by atoms with Crippen molar-refractivity contribution < 1.29 is 12.8 Å². The molecule has 20 heavy (non-hydrogen) atoms. The molecule has 0 spiro atoms. The van der Waals surface area contributed by atoms with Gasteiger partial charge in [-0.2, -0.15) is 0 Å². The van der Waals surface area contributed by atoms with Crippen molar-refractivity contribution >= 4 is 27.3 Å². The third kappa shape index (κ3) is 3.24. The summed E-state index contributed by atoms with van der Waals surface area (Å²) >= 11 is 5.83. The minimum Gasteiger partial charge on any atom is -0.396 e. The zero-order chi connectivity index (χ0) is 15.0. The summed E-state index contributed by atoms with van der Waals surface area (Å²) in [6.45, 7) is 1.88. The van der Waals surface area contributed by atoms with E-state index >= 15 is 0 Å². The van der Waals surface area contributed by atoms with Crippen molar-refractivity contribution in [3.05, 3.63) is 23.0 Å². The molecule has 0 atom stereocenters. The quantitative estimate of drug-likeness (QED) is 0.841. The molecule has 0 radical (unpaired) electrons. The second-order valence-electron chi connectivity index (χ2n) is 5.53. The van der Waals surface area contributed by atoms with Crippen molar-refractivity contribution in [2.45, 2.75) is 49.5 Å². The number of nitrogens with one attached hydrogen (secondary N) is 1. The number of benzene rings is 1. The second-order valence-corrected chi connectivity index (χ2v) is 7.59. The van der Waals surface area contributed by atoms with Gasteiger partial charge in [-0.25, -0.2) is 17.5 Å². The van der Waals surface area contributed by atoms with Crippen LogP contribution in [0.15, 0.2) is 17.0 Å². The van der Waals surface area contributed by atoms with Gasteiger partial charge < -0.3 is 5.73 Å². The normalized spacial score (nSPS) is 18.9. The molecule has 1 aromatic rings. The molecular formula is C13H18ClFN2O2S. The van der Waals surface area contributed by atoms with E-state index in [1.54, 1.807) is 0 Å². The lowest BCUT2D eigenvalue weighted by Crippen LogP contribution is -2.47. The Bertz CT molecular complexity index is 613. The van der Waals surface area contributed by atoms with Gasteiger partial charge in [0.1, 0.15) is 10.7 Å². The van der Waals surface area contributed by atoms with E-state index in [0.717, 1.165) is 44.2 Å². The summed E-state index contributed by atoms with van der Waals surface area (Å²) in [5, 5.41) is -0.163. The van der Waals surface area contributed by atoms with Crippen LogP contribution in [0.3, 0.4) is 0 Å². The monoisotopic (exact) mass is 320 g/mol. The molecule has 3 N–H and O–H groups in total. The van der Waals surface area contributed by atoms with Crippen LogP contribution in [0.4, 0.5) is 10.1 Å². The van der Waals surface area contributed by atoms with Gasteiger partial charge >= 0.3 is 0 Å². The molecule has 1 saturated carbocycles. The highest BCUT2D eigenvalue weighted by atomic mass is 35.5. The van der Waals surface area contributed by atoms with Gasteiger partial charge in [0.2, 0.25) is 10.0 Å². The van der Waals surface area contributed by atoms with E-state index in [4.69, 9.17) is 17.3 Å². The molecule has 1 aliphatic carbocycles. The number of hydrogen-bond donors (Lipinski definition) is 2. The summed E-state index contributed by atoms with van der Waals surface area (Å²) in [7, 11) is -3.82. The number of sulfonamides is 1. The Labute approximate surface area is 123 Å². The molecule has 2 rings (SSSR count). The van der Waals surface area contributed by atoms with Crippen LogP contribution in [0.1, 0.15) is 39.0 Å². The molecular weight excluding hydrogens is 303 g/mol. The molecule has 7 heteroatoms. The molecule has 0 aliphatic heterocycles. The Hall–Kier alpha value is -0.850. The van der Waals surface area contributed by atoms with Crippen LogP contribution >= 0.6 is 11.6 Å². The molecule has 0 bridgehead atoms. The number of nitrogens with two attached hydrogens (primary N) is 1. The van der Waals surface area contributed by atoms with E-state index in [-0.39, 0.29) is 15.6 Å². The van der Waals surface area contributed by atoms with Crippen LogP contribution in [0, 0.1) is 5.82 Å². The average Bonchev–Trinajstić information content (AvgIpc) is 2.33. The topological polar surface area (TPSA) is 72.2 Å². The Morgan fingerprint density at radius 1 is 1.30 bits per heavy atom. The fourth-order valence-electron chi connectivity index (χ4n) is 2.56. The first-order valence-electron chi connectivity index (χ1n) is 6.52. The summed E-state index contributed by atoms with van der Waals surface area (Å²) in [4.78, 5) is -0.176. The van der Waals surface area contributed by atoms with Gasteiger partial charge in [0.25, 0.3) is 0 Å². The molecule has 0 heterocycles. The minimum atomic E-state index is -3.82. The summed E-state index contributed by atoms with van der Waals surface area (Å²) in [6.07, 6.45) is 4.64. The molecule has 0 amide bonds. The van der Waals surface area contributed by atoms with E-state index < -0.39 is 21.4 Å². The predicted octanol–water partition coefficient (Wildman–Crippen LogP) is 3.06. The van der Waals surface area contributed by atoms with Gasteiger partial charge in [-0.15, -0.1) is 0 Å². The Balaban J connectivity index is 2.33. The number of halogens is 2. The van der Waals surface area contributed by atoms with E-state index in [2.05, 4.69) is 4.72 Å². The first kappa shape index (κ1) is 15.5.